The highest BCUT2D eigenvalue weighted by Gasteiger charge is 2.25. The first kappa shape index (κ1) is 28.3. The molecule has 2 N–H and O–H groups in total. The van der Waals surface area contributed by atoms with Crippen LogP contribution in [-0.2, 0) is 6.54 Å². The Morgan fingerprint density at radius 3 is 2.56 bits per heavy atom. The molecule has 41 heavy (non-hydrogen) atoms. The lowest BCUT2D eigenvalue weighted by atomic mass is 9.95. The summed E-state index contributed by atoms with van der Waals surface area (Å²) in [6.45, 7) is 4.31. The summed E-state index contributed by atoms with van der Waals surface area (Å²) in [4.78, 5) is 28.5. The second kappa shape index (κ2) is 11.7. The number of amides is 1. The van der Waals surface area contributed by atoms with Gasteiger partial charge in [-0.05, 0) is 55.5 Å². The topological polar surface area (TPSA) is 82.5 Å². The number of nitrogens with one attached hydrogen (secondary N) is 2. The molecule has 2 aliphatic heterocycles. The molecule has 0 unspecified atom stereocenters. The van der Waals surface area contributed by atoms with Crippen LogP contribution in [0, 0.1) is 11.6 Å². The Kier molecular flexibility index (Phi) is 8.10. The molecular formula is C31H29ClF2N6O. The number of aliphatic imine (C=N–C) groups is 1. The first-order valence-corrected chi connectivity index (χ1v) is 13.3. The van der Waals surface area contributed by atoms with Gasteiger partial charge in [-0.1, -0.05) is 31.2 Å². The fraction of sp³-hybridized carbons (Fsp3) is 0.226. The predicted octanol–water partition coefficient (Wildman–Crippen LogP) is 6.24. The third-order valence-corrected chi connectivity index (χ3v) is 7.24. The number of hydrogen-bond donors (Lipinski definition) is 2. The highest BCUT2D eigenvalue weighted by Crippen LogP contribution is 2.34. The van der Waals surface area contributed by atoms with Crippen molar-refractivity contribution in [3.05, 3.63) is 106 Å². The number of carbonyl (C=O) groups excluding carboxylic acids is 1. The first-order chi connectivity index (χ1) is 19.4. The van der Waals surface area contributed by atoms with Gasteiger partial charge in [0, 0.05) is 64.8 Å². The zero-order valence-electron chi connectivity index (χ0n) is 21.6. The van der Waals surface area contributed by atoms with Gasteiger partial charge in [-0.2, -0.15) is 0 Å². The molecule has 4 aromatic rings. The molecule has 0 bridgehead atoms. The van der Waals surface area contributed by atoms with Crippen LogP contribution in [0.2, 0.25) is 5.02 Å². The minimum absolute atomic E-state index is 0. The number of rotatable bonds is 4. The van der Waals surface area contributed by atoms with E-state index in [1.807, 2.05) is 17.0 Å². The van der Waals surface area contributed by atoms with Crippen molar-refractivity contribution in [3.8, 4) is 11.3 Å². The SMILES string of the molecule is C.C[C@@H]1CN(C(=O)c2ccc(Nc3ncc4c(n3)-c3ccc(Cl)cc3C(c3c(F)cccc3F)=NC4)cc2)CCN1. The van der Waals surface area contributed by atoms with Crippen molar-refractivity contribution in [1.82, 2.24) is 20.2 Å². The Morgan fingerprint density at radius 1 is 1.07 bits per heavy atom. The Balaban J connectivity index is 0.00000337. The average molecular weight is 575 g/mol. The van der Waals surface area contributed by atoms with Crippen LogP contribution in [0.15, 0.2) is 71.9 Å². The van der Waals surface area contributed by atoms with E-state index in [1.54, 1.807) is 36.5 Å². The monoisotopic (exact) mass is 574 g/mol. The summed E-state index contributed by atoms with van der Waals surface area (Å²) < 4.78 is 29.6. The number of halogens is 3. The van der Waals surface area contributed by atoms with Crippen LogP contribution in [0.25, 0.3) is 11.3 Å². The van der Waals surface area contributed by atoms with Crippen molar-refractivity contribution < 1.29 is 13.6 Å². The maximum Gasteiger partial charge on any atom is 0.253 e. The number of piperazine rings is 1. The molecule has 0 radical (unpaired) electrons. The second-order valence-electron chi connectivity index (χ2n) is 9.83. The van der Waals surface area contributed by atoms with E-state index in [-0.39, 0.29) is 37.2 Å². The molecule has 3 aromatic carbocycles. The van der Waals surface area contributed by atoms with Crippen molar-refractivity contribution in [2.24, 2.45) is 4.99 Å². The van der Waals surface area contributed by atoms with Crippen LogP contribution in [0.4, 0.5) is 20.4 Å². The number of nitrogens with zero attached hydrogens (tertiary/aromatic N) is 4. The number of aromatic nitrogens is 2. The number of benzene rings is 3. The Hall–Kier alpha value is -4.21. The molecule has 3 heterocycles. The van der Waals surface area contributed by atoms with E-state index in [0.29, 0.717) is 57.7 Å². The zero-order valence-corrected chi connectivity index (χ0v) is 22.3. The molecule has 6 rings (SSSR count). The van der Waals surface area contributed by atoms with E-state index >= 15 is 0 Å². The van der Waals surface area contributed by atoms with Crippen LogP contribution in [0.1, 0.15) is 41.4 Å². The van der Waals surface area contributed by atoms with Crippen molar-refractivity contribution in [2.45, 2.75) is 26.9 Å². The van der Waals surface area contributed by atoms with Crippen LogP contribution in [0.3, 0.4) is 0 Å². The largest absolute Gasteiger partial charge is 0.336 e. The van der Waals surface area contributed by atoms with Crippen molar-refractivity contribution >= 4 is 34.9 Å². The summed E-state index contributed by atoms with van der Waals surface area (Å²) in [5.41, 5.74) is 3.67. The highest BCUT2D eigenvalue weighted by atomic mass is 35.5. The lowest BCUT2D eigenvalue weighted by molar-refractivity contribution is 0.0709. The third kappa shape index (κ3) is 5.68. The fourth-order valence-electron chi connectivity index (χ4n) is 5.05. The maximum absolute atomic E-state index is 14.8. The second-order valence-corrected chi connectivity index (χ2v) is 10.3. The van der Waals surface area contributed by atoms with Gasteiger partial charge in [-0.25, -0.2) is 18.7 Å². The van der Waals surface area contributed by atoms with E-state index in [4.69, 9.17) is 16.6 Å². The molecule has 0 saturated carbocycles. The van der Waals surface area contributed by atoms with E-state index in [1.165, 1.54) is 18.2 Å². The predicted molar refractivity (Wildman–Crippen MR) is 158 cm³/mol. The molecule has 1 fully saturated rings. The standard InChI is InChI=1S/C30H25ClF2N6O.CH4/c1-17-16-39(12-11-34-17)29(40)18-5-8-21(9-6-18)37-30-36-15-19-14-35-28(26-24(32)3-2-4-25(26)33)23-13-20(31)7-10-22(23)27(19)38-30;/h2-10,13,15,17,34H,11-12,14,16H2,1H3,(H,36,37,38);1H4/t17-;/m1./s1. The van der Waals surface area contributed by atoms with Gasteiger partial charge in [-0.15, -0.1) is 0 Å². The van der Waals surface area contributed by atoms with Gasteiger partial charge in [0.2, 0.25) is 5.95 Å². The van der Waals surface area contributed by atoms with Crippen LogP contribution in [0.5, 0.6) is 0 Å². The lowest BCUT2D eigenvalue weighted by Crippen LogP contribution is -2.51. The van der Waals surface area contributed by atoms with Gasteiger partial charge in [0.25, 0.3) is 5.91 Å². The zero-order chi connectivity index (χ0) is 27.8. The van der Waals surface area contributed by atoms with Gasteiger partial charge < -0.3 is 15.5 Å². The van der Waals surface area contributed by atoms with Gasteiger partial charge in [0.1, 0.15) is 11.6 Å². The van der Waals surface area contributed by atoms with Gasteiger partial charge in [0.15, 0.2) is 0 Å². The maximum atomic E-state index is 14.8. The number of hydrogen-bond acceptors (Lipinski definition) is 6. The smallest absolute Gasteiger partial charge is 0.253 e. The Bertz CT molecular complexity index is 1620. The van der Waals surface area contributed by atoms with Crippen LogP contribution < -0.4 is 10.6 Å². The van der Waals surface area contributed by atoms with Crippen LogP contribution in [-0.4, -0.2) is 52.2 Å². The van der Waals surface area contributed by atoms with E-state index in [0.717, 1.165) is 6.54 Å². The summed E-state index contributed by atoms with van der Waals surface area (Å²) in [5, 5.41) is 6.94. The van der Waals surface area contributed by atoms with Crippen LogP contribution >= 0.6 is 11.6 Å². The quantitative estimate of drug-likeness (QED) is 0.301. The molecule has 1 aromatic heterocycles. The van der Waals surface area contributed by atoms with Crippen molar-refractivity contribution in [3.63, 3.8) is 0 Å². The van der Waals surface area contributed by atoms with Gasteiger partial charge in [0.05, 0.1) is 23.5 Å². The summed E-state index contributed by atoms with van der Waals surface area (Å²) in [6.07, 6.45) is 1.65. The third-order valence-electron chi connectivity index (χ3n) is 7.01. The number of anilines is 2. The highest BCUT2D eigenvalue weighted by molar-refractivity contribution is 6.31. The van der Waals surface area contributed by atoms with Crippen molar-refractivity contribution in [1.29, 1.82) is 0 Å². The van der Waals surface area contributed by atoms with Crippen molar-refractivity contribution in [2.75, 3.05) is 25.0 Å². The minimum Gasteiger partial charge on any atom is -0.336 e. The molecule has 10 heteroatoms. The van der Waals surface area contributed by atoms with E-state index in [9.17, 15) is 13.6 Å². The number of carbonyl (C=O) groups is 1. The lowest BCUT2D eigenvalue weighted by Gasteiger charge is -2.32. The molecule has 1 amide bonds. The Labute approximate surface area is 242 Å². The van der Waals surface area contributed by atoms with E-state index < -0.39 is 11.6 Å². The fourth-order valence-corrected chi connectivity index (χ4v) is 5.22. The summed E-state index contributed by atoms with van der Waals surface area (Å²) in [7, 11) is 0. The normalized spacial score (nSPS) is 16.0. The molecule has 1 saturated heterocycles. The summed E-state index contributed by atoms with van der Waals surface area (Å²) in [6, 6.07) is 16.3. The molecule has 0 spiro atoms. The number of fused-ring (bicyclic) bond motifs is 3. The molecule has 1 atom stereocenters. The molecule has 2 aliphatic rings. The Morgan fingerprint density at radius 2 is 1.83 bits per heavy atom. The van der Waals surface area contributed by atoms with Gasteiger partial charge >= 0.3 is 0 Å². The molecule has 0 aliphatic carbocycles. The molecule has 210 valence electrons. The average Bonchev–Trinajstić information content (AvgIpc) is 3.10. The summed E-state index contributed by atoms with van der Waals surface area (Å²) >= 11 is 6.30. The van der Waals surface area contributed by atoms with E-state index in [2.05, 4.69) is 27.5 Å². The summed E-state index contributed by atoms with van der Waals surface area (Å²) in [5.74, 6) is -1.09. The minimum atomic E-state index is -0.711. The first-order valence-electron chi connectivity index (χ1n) is 12.9. The van der Waals surface area contributed by atoms with Gasteiger partial charge in [-0.3, -0.25) is 9.79 Å². The molecular weight excluding hydrogens is 546 g/mol. The molecule has 7 nitrogen and oxygen atoms in total.